The third kappa shape index (κ3) is 1.03. The van der Waals surface area contributed by atoms with Gasteiger partial charge in [0.25, 0.3) is 0 Å². The molecule has 1 nitrogen and oxygen atoms in total. The Bertz CT molecular complexity index is 105. The first-order valence-electron chi connectivity index (χ1n) is 3.25. The number of nitrogens with one attached hydrogen (secondary N) is 1. The van der Waals surface area contributed by atoms with Crippen LogP contribution in [0.15, 0.2) is 11.8 Å². The van der Waals surface area contributed by atoms with E-state index in [9.17, 15) is 0 Å². The minimum atomic E-state index is 0.801. The summed E-state index contributed by atoms with van der Waals surface area (Å²) in [5.41, 5.74) is 1.34. The minimum Gasteiger partial charge on any atom is -0.388 e. The highest BCUT2D eigenvalue weighted by Crippen LogP contribution is 2.11. The summed E-state index contributed by atoms with van der Waals surface area (Å²) in [5, 5.41) is 3.28. The predicted molar refractivity (Wildman–Crippen MR) is 35.5 cm³/mol. The van der Waals surface area contributed by atoms with Gasteiger partial charge in [0.2, 0.25) is 0 Å². The molecule has 0 aromatic carbocycles. The summed E-state index contributed by atoms with van der Waals surface area (Å²) < 4.78 is 0. The molecule has 0 radical (unpaired) electrons. The quantitative estimate of drug-likeness (QED) is 0.541. The molecule has 1 heterocycles. The minimum absolute atomic E-state index is 0.801. The Hall–Kier alpha value is -0.460. The molecule has 1 N–H and O–H groups in total. The molecule has 46 valence electrons. The van der Waals surface area contributed by atoms with Crippen molar-refractivity contribution in [3.63, 3.8) is 0 Å². The molecule has 0 fully saturated rings. The van der Waals surface area contributed by atoms with Crippen LogP contribution in [0.4, 0.5) is 0 Å². The van der Waals surface area contributed by atoms with Gasteiger partial charge < -0.3 is 5.32 Å². The van der Waals surface area contributed by atoms with Crippen LogP contribution in [0.25, 0.3) is 0 Å². The second-order valence-electron chi connectivity index (χ2n) is 2.40. The summed E-state index contributed by atoms with van der Waals surface area (Å²) in [6.07, 6.45) is 3.57. The van der Waals surface area contributed by atoms with E-state index in [1.807, 2.05) is 0 Å². The van der Waals surface area contributed by atoms with Gasteiger partial charge in [-0.1, -0.05) is 13.0 Å². The first-order valence-corrected chi connectivity index (χ1v) is 3.25. The zero-order valence-electron chi connectivity index (χ0n) is 5.57. The van der Waals surface area contributed by atoms with Crippen molar-refractivity contribution < 1.29 is 0 Å². The van der Waals surface area contributed by atoms with Crippen LogP contribution in [0.3, 0.4) is 0 Å². The molecule has 0 saturated carbocycles. The zero-order valence-corrected chi connectivity index (χ0v) is 5.57. The molecular weight excluding hydrogens is 98.1 g/mol. The van der Waals surface area contributed by atoms with Crippen molar-refractivity contribution in [3.8, 4) is 0 Å². The third-order valence-electron chi connectivity index (χ3n) is 1.65. The van der Waals surface area contributed by atoms with E-state index in [0.717, 1.165) is 12.5 Å². The van der Waals surface area contributed by atoms with Crippen molar-refractivity contribution in [2.75, 3.05) is 6.54 Å². The number of hydrogen-bond donors (Lipinski definition) is 1. The molecule has 0 amide bonds. The molecule has 1 aliphatic heterocycles. The van der Waals surface area contributed by atoms with Crippen LogP contribution in [0.1, 0.15) is 20.3 Å². The van der Waals surface area contributed by atoms with Gasteiger partial charge in [0.1, 0.15) is 0 Å². The van der Waals surface area contributed by atoms with Crippen LogP contribution in [0.2, 0.25) is 0 Å². The Kier molecular flexibility index (Phi) is 1.56. The lowest BCUT2D eigenvalue weighted by Crippen LogP contribution is -2.09. The molecule has 1 atom stereocenters. The van der Waals surface area contributed by atoms with Crippen LogP contribution in [0, 0.1) is 5.92 Å². The topological polar surface area (TPSA) is 12.0 Å². The third-order valence-corrected chi connectivity index (χ3v) is 1.65. The van der Waals surface area contributed by atoms with E-state index in [1.54, 1.807) is 0 Å². The molecule has 1 unspecified atom stereocenters. The van der Waals surface area contributed by atoms with E-state index in [2.05, 4.69) is 25.2 Å². The smallest absolute Gasteiger partial charge is 0.0207 e. The first kappa shape index (κ1) is 5.67. The number of rotatable bonds is 1. The summed E-state index contributed by atoms with van der Waals surface area (Å²) in [4.78, 5) is 0. The van der Waals surface area contributed by atoms with Gasteiger partial charge in [-0.05, 0) is 19.3 Å². The van der Waals surface area contributed by atoms with Crippen molar-refractivity contribution in [1.82, 2.24) is 5.32 Å². The average molecular weight is 111 g/mol. The highest BCUT2D eigenvalue weighted by molar-refractivity contribution is 5.05. The summed E-state index contributed by atoms with van der Waals surface area (Å²) in [6.45, 7) is 5.50. The van der Waals surface area contributed by atoms with Gasteiger partial charge >= 0.3 is 0 Å². The van der Waals surface area contributed by atoms with Crippen molar-refractivity contribution in [1.29, 1.82) is 0 Å². The molecule has 0 saturated heterocycles. The monoisotopic (exact) mass is 111 g/mol. The molecule has 0 aromatic heterocycles. The Morgan fingerprint density at radius 3 is 2.88 bits per heavy atom. The molecule has 0 aliphatic carbocycles. The first-order chi connectivity index (χ1) is 3.83. The van der Waals surface area contributed by atoms with E-state index >= 15 is 0 Å². The standard InChI is InChI=1S/C7H13N/c1-3-7-4-6(2)8-5-7/h4,7-8H,3,5H2,1-2H3. The van der Waals surface area contributed by atoms with E-state index in [-0.39, 0.29) is 0 Å². The fraction of sp³-hybridized carbons (Fsp3) is 0.714. The van der Waals surface area contributed by atoms with Gasteiger partial charge in [-0.25, -0.2) is 0 Å². The predicted octanol–water partition coefficient (Wildman–Crippen LogP) is 1.52. The van der Waals surface area contributed by atoms with Gasteiger partial charge in [0, 0.05) is 12.2 Å². The Labute approximate surface area is 50.8 Å². The largest absolute Gasteiger partial charge is 0.388 e. The lowest BCUT2D eigenvalue weighted by atomic mass is 10.1. The Morgan fingerprint density at radius 2 is 2.62 bits per heavy atom. The summed E-state index contributed by atoms with van der Waals surface area (Å²) in [7, 11) is 0. The van der Waals surface area contributed by atoms with E-state index in [1.165, 1.54) is 12.1 Å². The van der Waals surface area contributed by atoms with Crippen LogP contribution >= 0.6 is 0 Å². The second-order valence-corrected chi connectivity index (χ2v) is 2.40. The maximum Gasteiger partial charge on any atom is 0.0207 e. The maximum absolute atomic E-state index is 3.28. The van der Waals surface area contributed by atoms with Gasteiger partial charge in [-0.15, -0.1) is 0 Å². The molecular formula is C7H13N. The van der Waals surface area contributed by atoms with Crippen LogP contribution < -0.4 is 5.32 Å². The molecule has 0 spiro atoms. The van der Waals surface area contributed by atoms with Gasteiger partial charge in [-0.2, -0.15) is 0 Å². The zero-order chi connectivity index (χ0) is 5.98. The van der Waals surface area contributed by atoms with Crippen LogP contribution in [-0.2, 0) is 0 Å². The highest BCUT2D eigenvalue weighted by Gasteiger charge is 2.08. The molecule has 1 aliphatic rings. The molecule has 0 bridgehead atoms. The lowest BCUT2D eigenvalue weighted by Gasteiger charge is -1.98. The van der Waals surface area contributed by atoms with Crippen molar-refractivity contribution in [2.45, 2.75) is 20.3 Å². The summed E-state index contributed by atoms with van der Waals surface area (Å²) in [6, 6.07) is 0. The van der Waals surface area contributed by atoms with E-state index in [0.29, 0.717) is 0 Å². The fourth-order valence-corrected chi connectivity index (χ4v) is 1.03. The molecule has 8 heavy (non-hydrogen) atoms. The average Bonchev–Trinajstić information content (AvgIpc) is 2.14. The van der Waals surface area contributed by atoms with Crippen molar-refractivity contribution >= 4 is 0 Å². The van der Waals surface area contributed by atoms with Gasteiger partial charge in [-0.3, -0.25) is 0 Å². The van der Waals surface area contributed by atoms with Crippen LogP contribution in [-0.4, -0.2) is 6.54 Å². The van der Waals surface area contributed by atoms with Crippen LogP contribution in [0.5, 0.6) is 0 Å². The number of hydrogen-bond acceptors (Lipinski definition) is 1. The second kappa shape index (κ2) is 2.21. The highest BCUT2D eigenvalue weighted by atomic mass is 14.9. The van der Waals surface area contributed by atoms with Gasteiger partial charge in [0.15, 0.2) is 0 Å². The Balaban J connectivity index is 2.41. The fourth-order valence-electron chi connectivity index (χ4n) is 1.03. The van der Waals surface area contributed by atoms with E-state index < -0.39 is 0 Å². The lowest BCUT2D eigenvalue weighted by molar-refractivity contribution is 0.631. The molecule has 1 rings (SSSR count). The van der Waals surface area contributed by atoms with Crippen molar-refractivity contribution in [3.05, 3.63) is 11.8 Å². The van der Waals surface area contributed by atoms with Gasteiger partial charge in [0.05, 0.1) is 0 Å². The summed E-state index contributed by atoms with van der Waals surface area (Å²) >= 11 is 0. The number of allylic oxidation sites excluding steroid dienone is 1. The SMILES string of the molecule is CCC1C=C(C)NC1. The molecule has 1 heteroatoms. The van der Waals surface area contributed by atoms with E-state index in [4.69, 9.17) is 0 Å². The summed E-state index contributed by atoms with van der Waals surface area (Å²) in [5.74, 6) is 0.801. The molecule has 0 aromatic rings. The normalized spacial score (nSPS) is 27.2. The van der Waals surface area contributed by atoms with Crippen molar-refractivity contribution in [2.24, 2.45) is 5.92 Å². The Morgan fingerprint density at radius 1 is 1.88 bits per heavy atom. The maximum atomic E-state index is 3.28.